The molecule has 4 nitrogen and oxygen atoms in total. The number of aliphatic carboxylic acids is 1. The zero-order valence-corrected chi connectivity index (χ0v) is 9.97. The number of nitrogens with zero attached hydrogens (tertiary/aromatic N) is 1. The predicted molar refractivity (Wildman–Crippen MR) is 67.2 cm³/mol. The number of piperidine rings is 1. The summed E-state index contributed by atoms with van der Waals surface area (Å²) in [5, 5.41) is 12.3. The van der Waals surface area contributed by atoms with Crippen molar-refractivity contribution in [3.8, 4) is 0 Å². The smallest absolute Gasteiger partial charge is 0.308 e. The van der Waals surface area contributed by atoms with Gasteiger partial charge in [-0.2, -0.15) is 0 Å². The van der Waals surface area contributed by atoms with Crippen LogP contribution in [-0.4, -0.2) is 37.3 Å². The molecule has 1 aliphatic heterocycles. The van der Waals surface area contributed by atoms with Gasteiger partial charge in [-0.3, -0.25) is 4.79 Å². The van der Waals surface area contributed by atoms with Gasteiger partial charge in [-0.05, 0) is 25.6 Å². The van der Waals surface area contributed by atoms with Crippen LogP contribution in [0.25, 0.3) is 0 Å². The number of benzene rings is 1. The van der Waals surface area contributed by atoms with Crippen LogP contribution < -0.4 is 10.2 Å². The SMILES string of the molecule is CNC1CC(C(=O)O)CN(c2ccccc2)C1. The average Bonchev–Trinajstić information content (AvgIpc) is 2.39. The van der Waals surface area contributed by atoms with Crippen LogP contribution in [0.4, 0.5) is 5.69 Å². The summed E-state index contributed by atoms with van der Waals surface area (Å²) < 4.78 is 0. The Morgan fingerprint density at radius 2 is 2.06 bits per heavy atom. The molecule has 1 aliphatic rings. The van der Waals surface area contributed by atoms with E-state index in [9.17, 15) is 4.79 Å². The molecule has 4 heteroatoms. The summed E-state index contributed by atoms with van der Waals surface area (Å²) in [6.45, 7) is 1.46. The minimum Gasteiger partial charge on any atom is -0.481 e. The summed E-state index contributed by atoms with van der Waals surface area (Å²) in [5.74, 6) is -0.993. The number of likely N-dealkylation sites (N-methyl/N-ethyl adjacent to an activating group) is 1. The van der Waals surface area contributed by atoms with E-state index in [2.05, 4.69) is 10.2 Å². The molecule has 0 bridgehead atoms. The van der Waals surface area contributed by atoms with Crippen LogP contribution in [0.3, 0.4) is 0 Å². The first kappa shape index (κ1) is 11.9. The molecule has 0 aliphatic carbocycles. The van der Waals surface area contributed by atoms with E-state index in [1.54, 1.807) is 0 Å². The van der Waals surface area contributed by atoms with Crippen LogP contribution in [0.1, 0.15) is 6.42 Å². The number of hydrogen-bond donors (Lipinski definition) is 2. The van der Waals surface area contributed by atoms with Crippen molar-refractivity contribution in [3.63, 3.8) is 0 Å². The summed E-state index contributed by atoms with van der Waals surface area (Å²) in [5.41, 5.74) is 1.10. The van der Waals surface area contributed by atoms with Gasteiger partial charge in [0.15, 0.2) is 0 Å². The number of carboxylic acid groups (broad SMARTS) is 1. The first-order valence-electron chi connectivity index (χ1n) is 5.90. The zero-order chi connectivity index (χ0) is 12.3. The predicted octanol–water partition coefficient (Wildman–Crippen LogP) is 1.19. The van der Waals surface area contributed by atoms with Gasteiger partial charge in [0.25, 0.3) is 0 Å². The molecule has 0 saturated carbocycles. The number of rotatable bonds is 3. The molecule has 0 spiro atoms. The normalized spacial score (nSPS) is 24.6. The molecule has 1 aromatic rings. The maximum atomic E-state index is 11.1. The maximum Gasteiger partial charge on any atom is 0.308 e. The Labute approximate surface area is 101 Å². The Bertz CT molecular complexity index is 380. The molecule has 1 fully saturated rings. The second kappa shape index (κ2) is 5.19. The van der Waals surface area contributed by atoms with Gasteiger partial charge in [0, 0.05) is 24.8 Å². The summed E-state index contributed by atoms with van der Waals surface area (Å²) in [6, 6.07) is 10.2. The number of hydrogen-bond acceptors (Lipinski definition) is 3. The third-order valence-electron chi connectivity index (χ3n) is 3.33. The molecule has 2 N–H and O–H groups in total. The summed E-state index contributed by atoms with van der Waals surface area (Å²) in [6.07, 6.45) is 0.704. The highest BCUT2D eigenvalue weighted by Gasteiger charge is 2.30. The van der Waals surface area contributed by atoms with Gasteiger partial charge in [0.05, 0.1) is 5.92 Å². The molecular formula is C13H18N2O2. The minimum absolute atomic E-state index is 0.241. The number of carboxylic acids is 1. The molecule has 92 valence electrons. The van der Waals surface area contributed by atoms with Crippen molar-refractivity contribution in [1.29, 1.82) is 0 Å². The fraction of sp³-hybridized carbons (Fsp3) is 0.462. The second-order valence-corrected chi connectivity index (χ2v) is 4.50. The van der Waals surface area contributed by atoms with E-state index in [4.69, 9.17) is 5.11 Å². The van der Waals surface area contributed by atoms with Crippen LogP contribution in [-0.2, 0) is 4.79 Å². The lowest BCUT2D eigenvalue weighted by atomic mass is 9.94. The summed E-state index contributed by atoms with van der Waals surface area (Å²) in [7, 11) is 1.89. The number of nitrogens with one attached hydrogen (secondary N) is 1. The van der Waals surface area contributed by atoms with E-state index >= 15 is 0 Å². The van der Waals surface area contributed by atoms with E-state index in [1.807, 2.05) is 37.4 Å². The van der Waals surface area contributed by atoms with Gasteiger partial charge in [-0.1, -0.05) is 18.2 Å². The highest BCUT2D eigenvalue weighted by atomic mass is 16.4. The molecular weight excluding hydrogens is 216 g/mol. The molecule has 2 atom stereocenters. The van der Waals surface area contributed by atoms with Crippen molar-refractivity contribution in [2.75, 3.05) is 25.0 Å². The lowest BCUT2D eigenvalue weighted by Crippen LogP contribution is -2.50. The van der Waals surface area contributed by atoms with Crippen LogP contribution in [0.2, 0.25) is 0 Å². The Hall–Kier alpha value is -1.55. The van der Waals surface area contributed by atoms with Gasteiger partial charge in [-0.15, -0.1) is 0 Å². The molecule has 17 heavy (non-hydrogen) atoms. The minimum atomic E-state index is -0.703. The van der Waals surface area contributed by atoms with E-state index in [1.165, 1.54) is 0 Å². The average molecular weight is 234 g/mol. The topological polar surface area (TPSA) is 52.6 Å². The molecule has 2 unspecified atom stereocenters. The highest BCUT2D eigenvalue weighted by molar-refractivity contribution is 5.71. The Morgan fingerprint density at radius 1 is 1.35 bits per heavy atom. The van der Waals surface area contributed by atoms with E-state index in [0.717, 1.165) is 12.2 Å². The number of carbonyl (C=O) groups is 1. The molecule has 2 rings (SSSR count). The van der Waals surface area contributed by atoms with Gasteiger partial charge >= 0.3 is 5.97 Å². The van der Waals surface area contributed by atoms with Crippen molar-refractivity contribution in [2.45, 2.75) is 12.5 Å². The molecule has 1 heterocycles. The molecule has 0 amide bonds. The Kier molecular flexibility index (Phi) is 3.64. The van der Waals surface area contributed by atoms with Crippen LogP contribution >= 0.6 is 0 Å². The van der Waals surface area contributed by atoms with Crippen molar-refractivity contribution >= 4 is 11.7 Å². The highest BCUT2D eigenvalue weighted by Crippen LogP contribution is 2.23. The van der Waals surface area contributed by atoms with Gasteiger partial charge in [-0.25, -0.2) is 0 Å². The van der Waals surface area contributed by atoms with Crippen LogP contribution in [0.15, 0.2) is 30.3 Å². The fourth-order valence-corrected chi connectivity index (χ4v) is 2.34. The Balaban J connectivity index is 2.14. The van der Waals surface area contributed by atoms with Gasteiger partial charge in [0.2, 0.25) is 0 Å². The second-order valence-electron chi connectivity index (χ2n) is 4.50. The Morgan fingerprint density at radius 3 is 2.65 bits per heavy atom. The molecule has 1 aromatic carbocycles. The standard InChI is InChI=1S/C13H18N2O2/c1-14-11-7-10(13(16)17)8-15(9-11)12-5-3-2-4-6-12/h2-6,10-11,14H,7-9H2,1H3,(H,16,17). The van der Waals surface area contributed by atoms with E-state index in [-0.39, 0.29) is 12.0 Å². The molecule has 0 radical (unpaired) electrons. The van der Waals surface area contributed by atoms with E-state index in [0.29, 0.717) is 13.0 Å². The lowest BCUT2D eigenvalue weighted by Gasteiger charge is -2.37. The van der Waals surface area contributed by atoms with Gasteiger partial charge < -0.3 is 15.3 Å². The number of para-hydroxylation sites is 1. The van der Waals surface area contributed by atoms with Crippen molar-refractivity contribution in [3.05, 3.63) is 30.3 Å². The first-order valence-corrected chi connectivity index (χ1v) is 5.90. The van der Waals surface area contributed by atoms with Crippen molar-refractivity contribution < 1.29 is 9.90 Å². The summed E-state index contributed by atoms with van der Waals surface area (Å²) in [4.78, 5) is 13.3. The van der Waals surface area contributed by atoms with Crippen LogP contribution in [0, 0.1) is 5.92 Å². The molecule has 1 saturated heterocycles. The zero-order valence-electron chi connectivity index (χ0n) is 9.97. The monoisotopic (exact) mass is 234 g/mol. The summed E-state index contributed by atoms with van der Waals surface area (Å²) >= 11 is 0. The largest absolute Gasteiger partial charge is 0.481 e. The first-order chi connectivity index (χ1) is 8.20. The van der Waals surface area contributed by atoms with Gasteiger partial charge in [0.1, 0.15) is 0 Å². The van der Waals surface area contributed by atoms with E-state index < -0.39 is 5.97 Å². The fourth-order valence-electron chi connectivity index (χ4n) is 2.34. The third kappa shape index (κ3) is 2.77. The third-order valence-corrected chi connectivity index (χ3v) is 3.33. The number of anilines is 1. The maximum absolute atomic E-state index is 11.1. The van der Waals surface area contributed by atoms with Crippen LogP contribution in [0.5, 0.6) is 0 Å². The molecule has 0 aromatic heterocycles. The lowest BCUT2D eigenvalue weighted by molar-refractivity contribution is -0.142. The van der Waals surface area contributed by atoms with Crippen molar-refractivity contribution in [2.24, 2.45) is 5.92 Å². The quantitative estimate of drug-likeness (QED) is 0.824. The van der Waals surface area contributed by atoms with Crippen molar-refractivity contribution in [1.82, 2.24) is 5.32 Å².